The molecule has 0 spiro atoms. The number of benzene rings is 1. The number of hydrogen-bond donors (Lipinski definition) is 0. The Hall–Kier alpha value is -1.64. The molecule has 1 fully saturated rings. The zero-order valence-electron chi connectivity index (χ0n) is 17.2. The molecule has 2 amide bonds. The molecule has 6 nitrogen and oxygen atoms in total. The molecule has 1 aromatic heterocycles. The number of aryl methyl sites for hydroxylation is 1. The topological polar surface area (TPSA) is 63.9 Å². The van der Waals surface area contributed by atoms with Crippen molar-refractivity contribution in [3.8, 4) is 0 Å². The first-order valence-electron chi connectivity index (χ1n) is 10.2. The van der Waals surface area contributed by atoms with Crippen LogP contribution in [0.3, 0.4) is 0 Å². The number of aromatic nitrogens is 1. The van der Waals surface area contributed by atoms with Crippen LogP contribution < -0.4 is 4.80 Å². The molecule has 0 bridgehead atoms. The lowest BCUT2D eigenvalue weighted by molar-refractivity contribution is -0.129. The van der Waals surface area contributed by atoms with Crippen molar-refractivity contribution >= 4 is 45.1 Å². The van der Waals surface area contributed by atoms with Gasteiger partial charge in [0.15, 0.2) is 4.80 Å². The van der Waals surface area contributed by atoms with Gasteiger partial charge < -0.3 is 14.2 Å². The molecular formula is C21H29N3O3S2. The number of rotatable bonds is 8. The Balaban J connectivity index is 1.66. The van der Waals surface area contributed by atoms with E-state index in [1.54, 1.807) is 0 Å². The molecule has 2 heterocycles. The molecule has 1 aliphatic rings. The number of carbonyl (C=O) groups excluding carboxylic acids is 2. The van der Waals surface area contributed by atoms with Crippen LogP contribution in [0.15, 0.2) is 23.2 Å². The second kappa shape index (κ2) is 10.9. The highest BCUT2D eigenvalue weighted by Gasteiger charge is 2.16. The summed E-state index contributed by atoms with van der Waals surface area (Å²) in [6.07, 6.45) is 3.36. The van der Waals surface area contributed by atoms with Gasteiger partial charge in [-0.1, -0.05) is 17.4 Å². The molecule has 1 saturated heterocycles. The van der Waals surface area contributed by atoms with Crippen LogP contribution in [-0.4, -0.2) is 59.1 Å². The van der Waals surface area contributed by atoms with Crippen molar-refractivity contribution in [3.63, 3.8) is 0 Å². The van der Waals surface area contributed by atoms with Gasteiger partial charge in [-0.2, -0.15) is 4.99 Å². The SMILES string of the molecule is CCOCCn1c(=NC(=O)CSCC(=O)N2CCCCC2)sc2cc(C)ccc21. The summed E-state index contributed by atoms with van der Waals surface area (Å²) in [5, 5.41) is 0. The highest BCUT2D eigenvalue weighted by molar-refractivity contribution is 8.00. The van der Waals surface area contributed by atoms with Crippen LogP contribution >= 0.6 is 23.1 Å². The van der Waals surface area contributed by atoms with Gasteiger partial charge in [0, 0.05) is 26.2 Å². The van der Waals surface area contributed by atoms with Crippen molar-refractivity contribution in [2.45, 2.75) is 39.7 Å². The van der Waals surface area contributed by atoms with Crippen LogP contribution in [0, 0.1) is 6.92 Å². The Morgan fingerprint density at radius 1 is 1.21 bits per heavy atom. The maximum atomic E-state index is 12.4. The molecule has 1 aromatic carbocycles. The summed E-state index contributed by atoms with van der Waals surface area (Å²) in [6.45, 7) is 7.62. The van der Waals surface area contributed by atoms with Crippen LogP contribution in [0.4, 0.5) is 0 Å². The molecule has 2 aromatic rings. The van der Waals surface area contributed by atoms with Crippen molar-refractivity contribution in [1.29, 1.82) is 0 Å². The number of ether oxygens (including phenoxy) is 1. The van der Waals surface area contributed by atoms with Crippen LogP contribution in [0.5, 0.6) is 0 Å². The third kappa shape index (κ3) is 6.17. The zero-order chi connectivity index (χ0) is 20.6. The number of amides is 2. The number of piperidine rings is 1. The maximum Gasteiger partial charge on any atom is 0.258 e. The van der Waals surface area contributed by atoms with Crippen LogP contribution in [0.2, 0.25) is 0 Å². The van der Waals surface area contributed by atoms with Gasteiger partial charge in [-0.25, -0.2) is 0 Å². The normalized spacial score (nSPS) is 15.2. The summed E-state index contributed by atoms with van der Waals surface area (Å²) < 4.78 is 8.66. The highest BCUT2D eigenvalue weighted by Crippen LogP contribution is 2.19. The number of thiazole rings is 1. The summed E-state index contributed by atoms with van der Waals surface area (Å²) in [4.78, 5) is 31.6. The first kappa shape index (κ1) is 22.1. The monoisotopic (exact) mass is 435 g/mol. The number of carbonyl (C=O) groups is 2. The van der Waals surface area contributed by atoms with E-state index in [0.29, 0.717) is 30.3 Å². The summed E-state index contributed by atoms with van der Waals surface area (Å²) >= 11 is 2.88. The molecule has 158 valence electrons. The first-order valence-corrected chi connectivity index (χ1v) is 12.2. The molecule has 0 atom stereocenters. The van der Waals surface area contributed by atoms with Crippen molar-refractivity contribution in [1.82, 2.24) is 9.47 Å². The molecule has 29 heavy (non-hydrogen) atoms. The maximum absolute atomic E-state index is 12.4. The van der Waals surface area contributed by atoms with Gasteiger partial charge in [-0.3, -0.25) is 9.59 Å². The molecule has 8 heteroatoms. The van der Waals surface area contributed by atoms with E-state index in [4.69, 9.17) is 4.74 Å². The lowest BCUT2D eigenvalue weighted by Gasteiger charge is -2.26. The Morgan fingerprint density at radius 2 is 2.00 bits per heavy atom. The molecular weight excluding hydrogens is 406 g/mol. The number of fused-ring (bicyclic) bond motifs is 1. The van der Waals surface area contributed by atoms with E-state index in [9.17, 15) is 9.59 Å². The third-order valence-electron chi connectivity index (χ3n) is 4.88. The van der Waals surface area contributed by atoms with Crippen molar-refractivity contribution in [2.75, 3.05) is 37.8 Å². The van der Waals surface area contributed by atoms with Crippen LogP contribution in [-0.2, 0) is 20.9 Å². The molecule has 0 saturated carbocycles. The van der Waals surface area contributed by atoms with Gasteiger partial charge in [0.25, 0.3) is 5.91 Å². The fraction of sp³-hybridized carbons (Fsp3) is 0.571. The number of nitrogens with zero attached hydrogens (tertiary/aromatic N) is 3. The van der Waals surface area contributed by atoms with Crippen molar-refractivity contribution < 1.29 is 14.3 Å². The number of thioether (sulfide) groups is 1. The summed E-state index contributed by atoms with van der Waals surface area (Å²) in [5.41, 5.74) is 2.25. The smallest absolute Gasteiger partial charge is 0.258 e. The quantitative estimate of drug-likeness (QED) is 0.597. The number of hydrogen-bond acceptors (Lipinski definition) is 5. The molecule has 0 unspecified atom stereocenters. The molecule has 0 aliphatic carbocycles. The average Bonchev–Trinajstić information content (AvgIpc) is 3.04. The predicted octanol–water partition coefficient (Wildman–Crippen LogP) is 3.22. The lowest BCUT2D eigenvalue weighted by Crippen LogP contribution is -2.36. The minimum atomic E-state index is -0.199. The molecule has 3 rings (SSSR count). The average molecular weight is 436 g/mol. The Bertz CT molecular complexity index is 914. The van der Waals surface area contributed by atoms with E-state index in [1.165, 1.54) is 35.1 Å². The van der Waals surface area contributed by atoms with Crippen molar-refractivity contribution in [2.24, 2.45) is 4.99 Å². The predicted molar refractivity (Wildman–Crippen MR) is 119 cm³/mol. The van der Waals surface area contributed by atoms with Gasteiger partial charge in [0.05, 0.1) is 28.3 Å². The summed E-state index contributed by atoms with van der Waals surface area (Å²) in [7, 11) is 0. The highest BCUT2D eigenvalue weighted by atomic mass is 32.2. The largest absolute Gasteiger partial charge is 0.380 e. The van der Waals surface area contributed by atoms with Crippen molar-refractivity contribution in [3.05, 3.63) is 28.6 Å². The Labute approximate surface area is 180 Å². The van der Waals surface area contributed by atoms with Crippen LogP contribution in [0.1, 0.15) is 31.7 Å². The van der Waals surface area contributed by atoms with Gasteiger partial charge >= 0.3 is 0 Å². The Morgan fingerprint density at radius 3 is 2.76 bits per heavy atom. The van der Waals surface area contributed by atoms with E-state index >= 15 is 0 Å². The fourth-order valence-electron chi connectivity index (χ4n) is 3.38. The zero-order valence-corrected chi connectivity index (χ0v) is 18.8. The third-order valence-corrected chi connectivity index (χ3v) is 6.83. The molecule has 0 N–H and O–H groups in total. The molecule has 1 aliphatic heterocycles. The summed E-state index contributed by atoms with van der Waals surface area (Å²) in [6, 6.07) is 6.26. The van der Waals surface area contributed by atoms with Gasteiger partial charge in [0.2, 0.25) is 5.91 Å². The van der Waals surface area contributed by atoms with Crippen LogP contribution in [0.25, 0.3) is 10.2 Å². The molecule has 0 radical (unpaired) electrons. The van der Waals surface area contributed by atoms with E-state index in [2.05, 4.69) is 34.7 Å². The second-order valence-corrected chi connectivity index (χ2v) is 9.14. The van der Waals surface area contributed by atoms with E-state index in [-0.39, 0.29) is 17.6 Å². The van der Waals surface area contributed by atoms with E-state index in [1.807, 2.05) is 11.8 Å². The van der Waals surface area contributed by atoms with Gasteiger partial charge in [-0.15, -0.1) is 11.8 Å². The van der Waals surface area contributed by atoms with Gasteiger partial charge in [-0.05, 0) is 50.8 Å². The lowest BCUT2D eigenvalue weighted by atomic mass is 10.1. The Kier molecular flexibility index (Phi) is 8.32. The standard InChI is InChI=1S/C21H29N3O3S2/c1-3-27-12-11-24-17-8-7-16(2)13-18(17)29-21(24)22-19(25)14-28-15-20(26)23-9-5-4-6-10-23/h7-8,13H,3-6,9-12,14-15H2,1-2H3. The number of likely N-dealkylation sites (tertiary alicyclic amines) is 1. The minimum absolute atomic E-state index is 0.131. The summed E-state index contributed by atoms with van der Waals surface area (Å²) in [5.74, 6) is 0.497. The van der Waals surface area contributed by atoms with Gasteiger partial charge in [0.1, 0.15) is 0 Å². The fourth-order valence-corrected chi connectivity index (χ4v) is 5.25. The second-order valence-electron chi connectivity index (χ2n) is 7.14. The first-order chi connectivity index (χ1) is 14.1. The van der Waals surface area contributed by atoms with E-state index in [0.717, 1.165) is 36.1 Å². The van der Waals surface area contributed by atoms with E-state index < -0.39 is 0 Å². The minimum Gasteiger partial charge on any atom is -0.380 e.